The Morgan fingerprint density at radius 3 is 2.83 bits per heavy atom. The molecule has 3 rings (SSSR count). The van der Waals surface area contributed by atoms with E-state index in [1.54, 1.807) is 0 Å². The maximum absolute atomic E-state index is 12.4. The number of Topliss-reactive ketones (excluding diaryl/α,β-unsaturated/α-hetero) is 1. The van der Waals surface area contributed by atoms with Crippen LogP contribution in [0.3, 0.4) is 0 Å². The number of thioether (sulfide) groups is 1. The molecule has 1 N–H and O–H groups in total. The Labute approximate surface area is 139 Å². The van der Waals surface area contributed by atoms with E-state index in [0.717, 1.165) is 34.1 Å². The second-order valence-electron chi connectivity index (χ2n) is 5.36. The third kappa shape index (κ3) is 3.09. The maximum Gasteiger partial charge on any atom is 0.231 e. The zero-order valence-corrected chi connectivity index (χ0v) is 14.0. The number of nitrogens with zero attached hydrogens (tertiary/aromatic N) is 1. The van der Waals surface area contributed by atoms with Gasteiger partial charge < -0.3 is 19.1 Å². The fourth-order valence-corrected chi connectivity index (χ4v) is 3.39. The normalized spacial score (nSPS) is 12.7. The number of aromatic nitrogens is 1. The average Bonchev–Trinajstić information content (AvgIpc) is 3.11. The van der Waals surface area contributed by atoms with Crippen molar-refractivity contribution in [2.45, 2.75) is 13.8 Å². The largest absolute Gasteiger partial charge is 0.454 e. The van der Waals surface area contributed by atoms with Crippen LogP contribution < -0.4 is 9.47 Å². The number of hydrogen-bond acceptors (Lipinski definition) is 5. The molecule has 0 aliphatic carbocycles. The lowest BCUT2D eigenvalue weighted by Crippen LogP contribution is -2.06. The first-order valence-electron chi connectivity index (χ1n) is 7.42. The van der Waals surface area contributed by atoms with Gasteiger partial charge in [-0.3, -0.25) is 4.79 Å². The van der Waals surface area contributed by atoms with Crippen molar-refractivity contribution in [2.24, 2.45) is 0 Å². The highest BCUT2D eigenvalue weighted by molar-refractivity contribution is 8.00. The lowest BCUT2D eigenvalue weighted by molar-refractivity contribution is 0.102. The fourth-order valence-electron chi connectivity index (χ4n) is 2.77. The van der Waals surface area contributed by atoms with Crippen LogP contribution >= 0.6 is 11.8 Å². The summed E-state index contributed by atoms with van der Waals surface area (Å²) in [6.07, 6.45) is 0. The smallest absolute Gasteiger partial charge is 0.231 e. The van der Waals surface area contributed by atoms with Gasteiger partial charge in [-0.25, -0.2) is 0 Å². The fraction of sp³-hybridized carbons (Fsp3) is 0.353. The SMILES string of the molecule is Cc1cc(C(=O)CSCCO)c(C)n1-c1ccc2c(c1)OCO2. The number of fused-ring (bicyclic) bond motifs is 1. The molecule has 0 amide bonds. The van der Waals surface area contributed by atoms with Crippen LogP contribution in [0.15, 0.2) is 24.3 Å². The molecule has 1 aromatic heterocycles. The molecule has 5 nitrogen and oxygen atoms in total. The van der Waals surface area contributed by atoms with Crippen molar-refractivity contribution in [1.82, 2.24) is 4.57 Å². The molecule has 0 atom stereocenters. The minimum absolute atomic E-state index is 0.0866. The van der Waals surface area contributed by atoms with Crippen LogP contribution in [0.2, 0.25) is 0 Å². The summed E-state index contributed by atoms with van der Waals surface area (Å²) in [4.78, 5) is 12.4. The van der Waals surface area contributed by atoms with E-state index >= 15 is 0 Å². The highest BCUT2D eigenvalue weighted by Crippen LogP contribution is 2.35. The monoisotopic (exact) mass is 333 g/mol. The summed E-state index contributed by atoms with van der Waals surface area (Å²) in [5.41, 5.74) is 3.59. The molecule has 0 spiro atoms. The predicted molar refractivity (Wildman–Crippen MR) is 90.1 cm³/mol. The molecule has 0 saturated heterocycles. The number of aliphatic hydroxyl groups is 1. The Bertz CT molecular complexity index is 738. The number of carbonyl (C=O) groups is 1. The summed E-state index contributed by atoms with van der Waals surface area (Å²) in [7, 11) is 0. The summed E-state index contributed by atoms with van der Waals surface area (Å²) in [5, 5.41) is 8.82. The molecule has 0 fully saturated rings. The quantitative estimate of drug-likeness (QED) is 0.651. The molecule has 0 unspecified atom stereocenters. The number of ether oxygens (including phenoxy) is 2. The third-order valence-corrected chi connectivity index (χ3v) is 4.75. The second-order valence-corrected chi connectivity index (χ2v) is 6.46. The molecular formula is C17H19NO4S. The number of ketones is 1. The average molecular weight is 333 g/mol. The van der Waals surface area contributed by atoms with E-state index in [4.69, 9.17) is 14.6 Å². The van der Waals surface area contributed by atoms with E-state index in [2.05, 4.69) is 0 Å². The van der Waals surface area contributed by atoms with Gasteiger partial charge in [-0.15, -0.1) is 0 Å². The van der Waals surface area contributed by atoms with Crippen LogP contribution in [0.4, 0.5) is 0 Å². The van der Waals surface area contributed by atoms with E-state index in [1.165, 1.54) is 11.8 Å². The van der Waals surface area contributed by atoms with Gasteiger partial charge in [0.1, 0.15) is 0 Å². The molecule has 2 aromatic rings. The van der Waals surface area contributed by atoms with Crippen LogP contribution in [0.5, 0.6) is 11.5 Å². The number of benzene rings is 1. The van der Waals surface area contributed by atoms with Gasteiger partial charge in [-0.05, 0) is 32.0 Å². The van der Waals surface area contributed by atoms with Crippen molar-refractivity contribution >= 4 is 17.5 Å². The zero-order chi connectivity index (χ0) is 16.4. The molecule has 122 valence electrons. The topological polar surface area (TPSA) is 60.7 Å². The van der Waals surface area contributed by atoms with Gasteiger partial charge in [-0.2, -0.15) is 11.8 Å². The minimum Gasteiger partial charge on any atom is -0.454 e. The molecule has 6 heteroatoms. The van der Waals surface area contributed by atoms with Gasteiger partial charge in [0, 0.05) is 34.5 Å². The predicted octanol–water partition coefficient (Wildman–Crippen LogP) is 2.73. The van der Waals surface area contributed by atoms with Gasteiger partial charge in [0.25, 0.3) is 0 Å². The highest BCUT2D eigenvalue weighted by Gasteiger charge is 2.19. The summed E-state index contributed by atoms with van der Waals surface area (Å²) in [6.45, 7) is 4.26. The van der Waals surface area contributed by atoms with E-state index < -0.39 is 0 Å². The van der Waals surface area contributed by atoms with Crippen LogP contribution in [0.1, 0.15) is 21.7 Å². The zero-order valence-electron chi connectivity index (χ0n) is 13.2. The van der Waals surface area contributed by atoms with Crippen LogP contribution in [-0.2, 0) is 0 Å². The van der Waals surface area contributed by atoms with Crippen LogP contribution in [-0.4, -0.2) is 40.4 Å². The summed E-state index contributed by atoms with van der Waals surface area (Å²) < 4.78 is 12.8. The van der Waals surface area contributed by atoms with E-state index in [0.29, 0.717) is 11.5 Å². The first-order valence-corrected chi connectivity index (χ1v) is 8.58. The second kappa shape index (κ2) is 6.68. The highest BCUT2D eigenvalue weighted by atomic mass is 32.2. The standard InChI is InChI=1S/C17H19NO4S/c1-11-7-14(15(20)9-23-6-5-19)12(2)18(11)13-3-4-16-17(8-13)22-10-21-16/h3-4,7-8,19H,5-6,9-10H2,1-2H3. The van der Waals surface area contributed by atoms with Crippen LogP contribution in [0, 0.1) is 13.8 Å². The molecule has 1 aromatic carbocycles. The van der Waals surface area contributed by atoms with Crippen molar-refractivity contribution in [1.29, 1.82) is 0 Å². The van der Waals surface area contributed by atoms with E-state index in [-0.39, 0.29) is 19.2 Å². The molecular weight excluding hydrogens is 314 g/mol. The Morgan fingerprint density at radius 2 is 2.04 bits per heavy atom. The van der Waals surface area contributed by atoms with Gasteiger partial charge in [0.05, 0.1) is 12.4 Å². The summed E-state index contributed by atoms with van der Waals surface area (Å²) >= 11 is 1.45. The maximum atomic E-state index is 12.4. The van der Waals surface area contributed by atoms with Crippen molar-refractivity contribution in [3.63, 3.8) is 0 Å². The van der Waals surface area contributed by atoms with E-state index in [9.17, 15) is 4.79 Å². The molecule has 23 heavy (non-hydrogen) atoms. The van der Waals surface area contributed by atoms with Crippen molar-refractivity contribution < 1.29 is 19.4 Å². The van der Waals surface area contributed by atoms with Crippen molar-refractivity contribution in [3.8, 4) is 17.2 Å². The van der Waals surface area contributed by atoms with Crippen LogP contribution in [0.25, 0.3) is 5.69 Å². The molecule has 1 aliphatic rings. The number of hydrogen-bond donors (Lipinski definition) is 1. The minimum atomic E-state index is 0.0866. The Morgan fingerprint density at radius 1 is 1.26 bits per heavy atom. The van der Waals surface area contributed by atoms with Crippen molar-refractivity contribution in [3.05, 3.63) is 41.2 Å². The lowest BCUT2D eigenvalue weighted by atomic mass is 10.2. The summed E-state index contributed by atoms with van der Waals surface area (Å²) in [6, 6.07) is 7.69. The molecule has 2 heterocycles. The number of aliphatic hydroxyl groups excluding tert-OH is 1. The summed E-state index contributed by atoms with van der Waals surface area (Å²) in [5.74, 6) is 2.51. The van der Waals surface area contributed by atoms with Crippen molar-refractivity contribution in [2.75, 3.05) is 24.9 Å². The van der Waals surface area contributed by atoms with Gasteiger partial charge in [-0.1, -0.05) is 0 Å². The number of aryl methyl sites for hydroxylation is 1. The van der Waals surface area contributed by atoms with Gasteiger partial charge >= 0.3 is 0 Å². The molecule has 0 saturated carbocycles. The Balaban J connectivity index is 1.90. The molecule has 0 bridgehead atoms. The van der Waals surface area contributed by atoms with Gasteiger partial charge in [0.15, 0.2) is 17.3 Å². The third-order valence-electron chi connectivity index (χ3n) is 3.81. The first kappa shape index (κ1) is 16.0. The lowest BCUT2D eigenvalue weighted by Gasteiger charge is -2.10. The van der Waals surface area contributed by atoms with Gasteiger partial charge in [0.2, 0.25) is 6.79 Å². The first-order chi connectivity index (χ1) is 11.1. The molecule has 0 radical (unpaired) electrons. The number of rotatable bonds is 6. The Kier molecular flexibility index (Phi) is 4.63. The Hall–Kier alpha value is -1.92. The number of carbonyl (C=O) groups excluding carboxylic acids is 1. The van der Waals surface area contributed by atoms with E-state index in [1.807, 2.05) is 42.7 Å². The molecule has 1 aliphatic heterocycles.